The first-order valence-electron chi connectivity index (χ1n) is 5.47. The van der Waals surface area contributed by atoms with Crippen LogP contribution in [0.2, 0.25) is 9.36 Å². The highest BCUT2D eigenvalue weighted by atomic mass is 35.5. The Hall–Kier alpha value is -1.36. The summed E-state index contributed by atoms with van der Waals surface area (Å²) in [5.41, 5.74) is 0.891. The maximum atomic E-state index is 12.1. The summed E-state index contributed by atoms with van der Waals surface area (Å²) in [7, 11) is 0. The van der Waals surface area contributed by atoms with Gasteiger partial charge in [-0.15, -0.1) is 11.3 Å². The number of benzene rings is 1. The Morgan fingerprint density at radius 2 is 1.63 bits per heavy atom. The molecule has 3 nitrogen and oxygen atoms in total. The topological polar surface area (TPSA) is 37.4 Å². The molecule has 0 saturated heterocycles. The molecule has 2 heterocycles. The van der Waals surface area contributed by atoms with Crippen LogP contribution in [0.4, 0.5) is 0 Å². The van der Waals surface area contributed by atoms with Crippen LogP contribution in [0, 0.1) is 0 Å². The molecule has 2 amide bonds. The van der Waals surface area contributed by atoms with Gasteiger partial charge in [0.05, 0.1) is 22.7 Å². The van der Waals surface area contributed by atoms with Gasteiger partial charge in [0.1, 0.15) is 4.34 Å². The molecule has 2 aromatic rings. The number of carbonyl (C=O) groups is 2. The monoisotopic (exact) mass is 311 g/mol. The third kappa shape index (κ3) is 2.06. The van der Waals surface area contributed by atoms with Crippen LogP contribution < -0.4 is 0 Å². The van der Waals surface area contributed by atoms with Gasteiger partial charge >= 0.3 is 0 Å². The Balaban J connectivity index is 1.92. The summed E-state index contributed by atoms with van der Waals surface area (Å²) < 4.78 is 0.466. The number of nitrogens with zero attached hydrogens (tertiary/aromatic N) is 1. The molecule has 0 unspecified atom stereocenters. The van der Waals surface area contributed by atoms with E-state index in [0.717, 1.165) is 4.88 Å². The fourth-order valence-electron chi connectivity index (χ4n) is 2.01. The Morgan fingerprint density at radius 1 is 1.05 bits per heavy atom. The SMILES string of the molecule is O=C1c2ccccc2C(=O)N1Cc1cc(Cl)c(Cl)s1. The number of halogens is 2. The van der Waals surface area contributed by atoms with Crippen molar-refractivity contribution in [3.05, 3.63) is 55.7 Å². The van der Waals surface area contributed by atoms with Crippen LogP contribution in [0.5, 0.6) is 0 Å². The van der Waals surface area contributed by atoms with Crippen LogP contribution >= 0.6 is 34.5 Å². The molecule has 0 atom stereocenters. The fourth-order valence-corrected chi connectivity index (χ4v) is 3.43. The van der Waals surface area contributed by atoms with E-state index in [1.165, 1.54) is 16.2 Å². The van der Waals surface area contributed by atoms with Crippen molar-refractivity contribution in [2.24, 2.45) is 0 Å². The number of rotatable bonds is 2. The van der Waals surface area contributed by atoms with E-state index >= 15 is 0 Å². The summed E-state index contributed by atoms with van der Waals surface area (Å²) in [6, 6.07) is 8.48. The normalized spacial score (nSPS) is 14.1. The van der Waals surface area contributed by atoms with E-state index in [-0.39, 0.29) is 18.4 Å². The highest BCUT2D eigenvalue weighted by Crippen LogP contribution is 2.33. The van der Waals surface area contributed by atoms with Crippen molar-refractivity contribution in [1.82, 2.24) is 4.90 Å². The molecule has 0 N–H and O–H groups in total. The largest absolute Gasteiger partial charge is 0.269 e. The minimum Gasteiger partial charge on any atom is -0.269 e. The average molecular weight is 312 g/mol. The Bertz CT molecular complexity index is 641. The first kappa shape index (κ1) is 12.7. The molecule has 1 aliphatic heterocycles. The number of hydrogen-bond donors (Lipinski definition) is 0. The molecular formula is C13H7Cl2NO2S. The maximum Gasteiger partial charge on any atom is 0.261 e. The van der Waals surface area contributed by atoms with Gasteiger partial charge in [-0.25, -0.2) is 0 Å². The van der Waals surface area contributed by atoms with Gasteiger partial charge in [0.25, 0.3) is 11.8 Å². The van der Waals surface area contributed by atoms with E-state index < -0.39 is 0 Å². The lowest BCUT2D eigenvalue weighted by Gasteiger charge is -2.11. The second-order valence-electron chi connectivity index (χ2n) is 4.08. The standard InChI is InChI=1S/C13H7Cl2NO2S/c14-10-5-7(19-11(10)15)6-16-12(17)8-3-1-2-4-9(8)13(16)18/h1-5H,6H2. The van der Waals surface area contributed by atoms with E-state index in [4.69, 9.17) is 23.2 Å². The van der Waals surface area contributed by atoms with Crippen molar-refractivity contribution in [2.75, 3.05) is 0 Å². The lowest BCUT2D eigenvalue weighted by Crippen LogP contribution is -2.28. The van der Waals surface area contributed by atoms with E-state index in [1.807, 2.05) is 0 Å². The first-order valence-corrected chi connectivity index (χ1v) is 7.04. The van der Waals surface area contributed by atoms with E-state index in [2.05, 4.69) is 0 Å². The second-order valence-corrected chi connectivity index (χ2v) is 6.22. The Labute approximate surface area is 123 Å². The zero-order chi connectivity index (χ0) is 13.6. The van der Waals surface area contributed by atoms with Crippen molar-refractivity contribution >= 4 is 46.4 Å². The number of imide groups is 1. The lowest BCUT2D eigenvalue weighted by molar-refractivity contribution is 0.0644. The lowest BCUT2D eigenvalue weighted by atomic mass is 10.1. The fraction of sp³-hybridized carbons (Fsp3) is 0.0769. The summed E-state index contributed by atoms with van der Waals surface area (Å²) in [4.78, 5) is 26.3. The van der Waals surface area contributed by atoms with Crippen LogP contribution in [0.1, 0.15) is 25.6 Å². The van der Waals surface area contributed by atoms with Gasteiger partial charge in [0.2, 0.25) is 0 Å². The van der Waals surface area contributed by atoms with Crippen LogP contribution in [0.3, 0.4) is 0 Å². The number of amides is 2. The zero-order valence-corrected chi connectivity index (χ0v) is 11.9. The smallest absolute Gasteiger partial charge is 0.261 e. The summed E-state index contributed by atoms with van der Waals surface area (Å²) in [5, 5.41) is 0.443. The van der Waals surface area contributed by atoms with Crippen molar-refractivity contribution in [1.29, 1.82) is 0 Å². The van der Waals surface area contributed by atoms with Gasteiger partial charge in [-0.1, -0.05) is 35.3 Å². The van der Waals surface area contributed by atoms with E-state index in [9.17, 15) is 9.59 Å². The molecule has 0 spiro atoms. The van der Waals surface area contributed by atoms with E-state index in [1.54, 1.807) is 30.3 Å². The van der Waals surface area contributed by atoms with Gasteiger partial charge in [-0.05, 0) is 18.2 Å². The molecule has 0 fully saturated rings. The Morgan fingerprint density at radius 3 is 2.11 bits per heavy atom. The molecule has 1 aromatic heterocycles. The molecule has 0 saturated carbocycles. The molecule has 19 heavy (non-hydrogen) atoms. The summed E-state index contributed by atoms with van der Waals surface area (Å²) >= 11 is 13.0. The number of hydrogen-bond acceptors (Lipinski definition) is 3. The van der Waals surface area contributed by atoms with Gasteiger partial charge < -0.3 is 0 Å². The van der Waals surface area contributed by atoms with Gasteiger partial charge in [0.15, 0.2) is 0 Å². The molecule has 1 aromatic carbocycles. The second kappa shape index (κ2) is 4.63. The predicted octanol–water partition coefficient (Wildman–Crippen LogP) is 3.85. The minimum atomic E-state index is -0.277. The van der Waals surface area contributed by atoms with Crippen molar-refractivity contribution in [2.45, 2.75) is 6.54 Å². The quantitative estimate of drug-likeness (QED) is 0.790. The maximum absolute atomic E-state index is 12.1. The molecule has 0 radical (unpaired) electrons. The molecule has 0 bridgehead atoms. The van der Waals surface area contributed by atoms with Crippen LogP contribution in [-0.2, 0) is 6.54 Å². The third-order valence-electron chi connectivity index (χ3n) is 2.89. The molecular weight excluding hydrogens is 305 g/mol. The highest BCUT2D eigenvalue weighted by molar-refractivity contribution is 7.16. The molecule has 1 aliphatic rings. The van der Waals surface area contributed by atoms with Crippen LogP contribution in [0.15, 0.2) is 30.3 Å². The van der Waals surface area contributed by atoms with Gasteiger partial charge in [-0.2, -0.15) is 0 Å². The molecule has 96 valence electrons. The summed E-state index contributed by atoms with van der Waals surface area (Å²) in [6.07, 6.45) is 0. The van der Waals surface area contributed by atoms with Gasteiger partial charge in [0, 0.05) is 4.88 Å². The Kier molecular flexibility index (Phi) is 3.09. The van der Waals surface area contributed by atoms with Crippen LogP contribution in [-0.4, -0.2) is 16.7 Å². The number of thiophene rings is 1. The zero-order valence-electron chi connectivity index (χ0n) is 9.52. The average Bonchev–Trinajstić information content (AvgIpc) is 2.84. The van der Waals surface area contributed by atoms with Crippen LogP contribution in [0.25, 0.3) is 0 Å². The third-order valence-corrected chi connectivity index (χ3v) is 4.74. The van der Waals surface area contributed by atoms with Crippen molar-refractivity contribution in [3.63, 3.8) is 0 Å². The minimum absolute atomic E-state index is 0.198. The molecule has 3 rings (SSSR count). The summed E-state index contributed by atoms with van der Waals surface area (Å²) in [6.45, 7) is 0.198. The molecule has 0 aliphatic carbocycles. The number of fused-ring (bicyclic) bond motifs is 1. The van der Waals surface area contributed by atoms with E-state index in [0.29, 0.717) is 20.5 Å². The summed E-state index contributed by atoms with van der Waals surface area (Å²) in [5.74, 6) is -0.553. The van der Waals surface area contributed by atoms with Crippen molar-refractivity contribution < 1.29 is 9.59 Å². The van der Waals surface area contributed by atoms with Crippen molar-refractivity contribution in [3.8, 4) is 0 Å². The first-order chi connectivity index (χ1) is 9.08. The predicted molar refractivity (Wildman–Crippen MR) is 75.0 cm³/mol. The van der Waals surface area contributed by atoms with Gasteiger partial charge in [-0.3, -0.25) is 14.5 Å². The highest BCUT2D eigenvalue weighted by Gasteiger charge is 2.35. The number of carbonyl (C=O) groups excluding carboxylic acids is 2. The molecule has 6 heteroatoms.